The minimum Gasteiger partial charge on any atom is -0.541 e. The van der Waals surface area contributed by atoms with Crippen molar-refractivity contribution in [1.29, 1.82) is 0 Å². The van der Waals surface area contributed by atoms with E-state index in [2.05, 4.69) is 39.0 Å². The molecule has 0 atom stereocenters. The predicted octanol–water partition coefficient (Wildman–Crippen LogP) is 6.43. The monoisotopic (exact) mass is 471 g/mol. The van der Waals surface area contributed by atoms with Crippen molar-refractivity contribution in [3.8, 4) is 51.3 Å². The maximum Gasteiger partial charge on any atom is 0.250 e. The topological polar surface area (TPSA) is 72.2 Å². The van der Waals surface area contributed by atoms with Gasteiger partial charge in [0.15, 0.2) is 23.0 Å². The lowest BCUT2D eigenvalue weighted by molar-refractivity contribution is 0.324. The van der Waals surface area contributed by atoms with Crippen molar-refractivity contribution in [1.82, 2.24) is 5.16 Å². The van der Waals surface area contributed by atoms with Gasteiger partial charge in [-0.1, -0.05) is 25.9 Å². The summed E-state index contributed by atoms with van der Waals surface area (Å²) in [6.45, 7) is 11.0. The van der Waals surface area contributed by atoms with E-state index in [4.69, 9.17) is 27.9 Å². The zero-order valence-electron chi connectivity index (χ0n) is 20.9. The fraction of sp³-hybridized carbons (Fsp3) is 0.400. The fourth-order valence-corrected chi connectivity index (χ4v) is 4.13. The SMILES string of the molecule is COc1ccc(-c2cc(-c3cc(OC)c(OC)c(OC)c3)no2)cc1O[Si](C)(C)C(C)(C)C. The first-order chi connectivity index (χ1) is 15.5. The molecule has 33 heavy (non-hydrogen) atoms. The van der Waals surface area contributed by atoms with Crippen LogP contribution in [0.2, 0.25) is 18.1 Å². The first-order valence-corrected chi connectivity index (χ1v) is 13.6. The summed E-state index contributed by atoms with van der Waals surface area (Å²) in [5.41, 5.74) is 2.27. The molecule has 0 aliphatic heterocycles. The second-order valence-electron chi connectivity index (χ2n) is 9.22. The lowest BCUT2D eigenvalue weighted by atomic mass is 10.1. The molecule has 178 valence electrons. The van der Waals surface area contributed by atoms with Gasteiger partial charge in [0.05, 0.1) is 28.4 Å². The Morgan fingerprint density at radius 1 is 0.727 bits per heavy atom. The Balaban J connectivity index is 2.00. The van der Waals surface area contributed by atoms with Crippen LogP contribution < -0.4 is 23.4 Å². The van der Waals surface area contributed by atoms with E-state index in [1.807, 2.05) is 36.4 Å². The molecule has 0 saturated heterocycles. The molecule has 1 heterocycles. The number of ether oxygens (including phenoxy) is 4. The average Bonchev–Trinajstić information content (AvgIpc) is 3.27. The summed E-state index contributed by atoms with van der Waals surface area (Å²) in [7, 11) is 4.31. The second kappa shape index (κ2) is 9.39. The largest absolute Gasteiger partial charge is 0.541 e. The molecule has 0 amide bonds. The van der Waals surface area contributed by atoms with E-state index < -0.39 is 8.32 Å². The van der Waals surface area contributed by atoms with E-state index >= 15 is 0 Å². The molecule has 0 aliphatic carbocycles. The molecule has 0 N–H and O–H groups in total. The van der Waals surface area contributed by atoms with Crippen molar-refractivity contribution in [2.45, 2.75) is 38.9 Å². The average molecular weight is 472 g/mol. The van der Waals surface area contributed by atoms with Crippen molar-refractivity contribution in [2.75, 3.05) is 28.4 Å². The van der Waals surface area contributed by atoms with Crippen LogP contribution in [-0.4, -0.2) is 41.9 Å². The highest BCUT2D eigenvalue weighted by Crippen LogP contribution is 2.43. The highest BCUT2D eigenvalue weighted by molar-refractivity contribution is 6.74. The van der Waals surface area contributed by atoms with Crippen molar-refractivity contribution >= 4 is 8.32 Å². The van der Waals surface area contributed by atoms with Crippen LogP contribution in [0.3, 0.4) is 0 Å². The minimum absolute atomic E-state index is 0.0555. The van der Waals surface area contributed by atoms with Crippen molar-refractivity contribution in [3.63, 3.8) is 0 Å². The van der Waals surface area contributed by atoms with E-state index in [-0.39, 0.29) is 5.04 Å². The van der Waals surface area contributed by atoms with E-state index in [0.717, 1.165) is 11.1 Å². The van der Waals surface area contributed by atoms with Gasteiger partial charge in [-0.25, -0.2) is 0 Å². The number of aromatic nitrogens is 1. The van der Waals surface area contributed by atoms with Crippen LogP contribution in [-0.2, 0) is 0 Å². The van der Waals surface area contributed by atoms with Crippen LogP contribution in [0.5, 0.6) is 28.7 Å². The summed E-state index contributed by atoms with van der Waals surface area (Å²) in [6, 6.07) is 11.3. The van der Waals surface area contributed by atoms with Crippen molar-refractivity contribution in [2.24, 2.45) is 0 Å². The van der Waals surface area contributed by atoms with Crippen LogP contribution in [0, 0.1) is 0 Å². The second-order valence-corrected chi connectivity index (χ2v) is 13.9. The Morgan fingerprint density at radius 3 is 1.82 bits per heavy atom. The molecule has 2 aromatic carbocycles. The first-order valence-electron chi connectivity index (χ1n) is 10.7. The number of hydrogen-bond acceptors (Lipinski definition) is 7. The molecule has 7 nitrogen and oxygen atoms in total. The van der Waals surface area contributed by atoms with E-state index in [0.29, 0.717) is 40.2 Å². The summed E-state index contributed by atoms with van der Waals surface area (Å²) in [4.78, 5) is 0. The normalized spacial score (nSPS) is 11.8. The Hall–Kier alpha value is -3.13. The Bertz CT molecular complexity index is 1090. The van der Waals surface area contributed by atoms with Crippen LogP contribution >= 0.6 is 0 Å². The van der Waals surface area contributed by atoms with Gasteiger partial charge in [-0.05, 0) is 48.5 Å². The van der Waals surface area contributed by atoms with Gasteiger partial charge < -0.3 is 27.9 Å². The summed E-state index contributed by atoms with van der Waals surface area (Å²) < 4.78 is 34.1. The third-order valence-electron chi connectivity index (χ3n) is 6.09. The highest BCUT2D eigenvalue weighted by atomic mass is 28.4. The van der Waals surface area contributed by atoms with Crippen molar-refractivity contribution in [3.05, 3.63) is 36.4 Å². The van der Waals surface area contributed by atoms with E-state index in [1.165, 1.54) is 0 Å². The quantitative estimate of drug-likeness (QED) is 0.351. The standard InChI is InChI=1S/C25H33NO6Si/c1-25(2,3)33(8,9)32-21-12-16(10-11-19(21)27-4)20-15-18(26-31-20)17-13-22(28-5)24(30-7)23(14-17)29-6/h10-15H,1-9H3. The number of nitrogens with zero attached hydrogens (tertiary/aromatic N) is 1. The summed E-state index contributed by atoms with van der Waals surface area (Å²) >= 11 is 0. The molecule has 0 aliphatic rings. The number of hydrogen-bond donors (Lipinski definition) is 0. The number of benzene rings is 2. The number of methoxy groups -OCH3 is 4. The Morgan fingerprint density at radius 2 is 1.30 bits per heavy atom. The fourth-order valence-electron chi connectivity index (χ4n) is 3.11. The molecular formula is C25H33NO6Si. The lowest BCUT2D eigenvalue weighted by Crippen LogP contribution is -2.43. The van der Waals surface area contributed by atoms with Gasteiger partial charge in [-0.3, -0.25) is 0 Å². The Labute approximate surface area is 196 Å². The van der Waals surface area contributed by atoms with Gasteiger partial charge in [-0.15, -0.1) is 0 Å². The zero-order valence-corrected chi connectivity index (χ0v) is 21.9. The molecule has 0 radical (unpaired) electrons. The van der Waals surface area contributed by atoms with Gasteiger partial charge >= 0.3 is 0 Å². The molecule has 3 rings (SSSR count). The zero-order chi connectivity index (χ0) is 24.4. The molecular weight excluding hydrogens is 438 g/mol. The van der Waals surface area contributed by atoms with Gasteiger partial charge in [0.1, 0.15) is 11.4 Å². The third-order valence-corrected chi connectivity index (χ3v) is 10.4. The van der Waals surface area contributed by atoms with Gasteiger partial charge in [0.2, 0.25) is 5.75 Å². The summed E-state index contributed by atoms with van der Waals surface area (Å²) in [6.07, 6.45) is 0. The van der Waals surface area contributed by atoms with Gasteiger partial charge in [0, 0.05) is 17.2 Å². The summed E-state index contributed by atoms with van der Waals surface area (Å²) in [5.74, 6) is 3.62. The minimum atomic E-state index is -2.06. The van der Waals surface area contributed by atoms with Crippen molar-refractivity contribution < 1.29 is 27.9 Å². The Kier molecular flexibility index (Phi) is 6.97. The lowest BCUT2D eigenvalue weighted by Gasteiger charge is -2.36. The molecule has 0 saturated carbocycles. The predicted molar refractivity (Wildman–Crippen MR) is 131 cm³/mol. The van der Waals surface area contributed by atoms with Crippen LogP contribution in [0.25, 0.3) is 22.6 Å². The smallest absolute Gasteiger partial charge is 0.250 e. The molecule has 0 unspecified atom stereocenters. The maximum atomic E-state index is 6.53. The molecule has 0 bridgehead atoms. The van der Waals surface area contributed by atoms with E-state index in [1.54, 1.807) is 28.4 Å². The van der Waals surface area contributed by atoms with Gasteiger partial charge in [-0.2, -0.15) is 0 Å². The molecule has 3 aromatic rings. The molecule has 0 fully saturated rings. The molecule has 8 heteroatoms. The van der Waals surface area contributed by atoms with Crippen LogP contribution in [0.1, 0.15) is 20.8 Å². The van der Waals surface area contributed by atoms with Crippen LogP contribution in [0.15, 0.2) is 40.9 Å². The van der Waals surface area contributed by atoms with Crippen LogP contribution in [0.4, 0.5) is 0 Å². The molecule has 1 aromatic heterocycles. The highest BCUT2D eigenvalue weighted by Gasteiger charge is 2.39. The molecule has 0 spiro atoms. The van der Waals surface area contributed by atoms with E-state index in [9.17, 15) is 0 Å². The number of rotatable bonds is 8. The first kappa shape index (κ1) is 24.5. The maximum absolute atomic E-state index is 6.53. The third kappa shape index (κ3) is 4.95. The van der Waals surface area contributed by atoms with Gasteiger partial charge in [0.25, 0.3) is 8.32 Å². The summed E-state index contributed by atoms with van der Waals surface area (Å²) in [5, 5.41) is 4.32.